The number of nitrogens with zero attached hydrogens (tertiary/aromatic N) is 1. The number of halogens is 1. The summed E-state index contributed by atoms with van der Waals surface area (Å²) in [5, 5.41) is 0. The maximum absolute atomic E-state index is 6.05. The van der Waals surface area contributed by atoms with Crippen molar-refractivity contribution in [3.05, 3.63) is 64.1 Å². The summed E-state index contributed by atoms with van der Waals surface area (Å²) in [6.07, 6.45) is 0. The molecule has 0 heterocycles. The van der Waals surface area contributed by atoms with Crippen LogP contribution < -0.4 is 10.6 Å². The average molecular weight is 333 g/mol. The number of anilines is 1. The minimum atomic E-state index is 0.203. The fraction of sp³-hybridized carbons (Fsp3) is 0.294. The van der Waals surface area contributed by atoms with Crippen molar-refractivity contribution in [2.75, 3.05) is 18.0 Å². The average Bonchev–Trinajstić information content (AvgIpc) is 2.47. The lowest BCUT2D eigenvalue weighted by atomic mass is 10.0. The molecule has 2 aromatic rings. The van der Waals surface area contributed by atoms with Gasteiger partial charge in [0, 0.05) is 23.2 Å². The summed E-state index contributed by atoms with van der Waals surface area (Å²) < 4.78 is 1.09. The molecule has 0 aliphatic heterocycles. The second-order valence-corrected chi connectivity index (χ2v) is 5.79. The Morgan fingerprint density at radius 3 is 2.30 bits per heavy atom. The van der Waals surface area contributed by atoms with Gasteiger partial charge in [0.15, 0.2) is 0 Å². The van der Waals surface area contributed by atoms with Crippen LogP contribution in [0.25, 0.3) is 0 Å². The lowest BCUT2D eigenvalue weighted by molar-refractivity contribution is 0.642. The Morgan fingerprint density at radius 1 is 1.10 bits per heavy atom. The molecule has 106 valence electrons. The van der Waals surface area contributed by atoms with E-state index in [-0.39, 0.29) is 6.04 Å². The number of aryl methyl sites for hydroxylation is 1. The molecule has 0 amide bonds. The van der Waals surface area contributed by atoms with Gasteiger partial charge in [0.05, 0.1) is 6.04 Å². The molecule has 0 saturated carbocycles. The predicted octanol–water partition coefficient (Wildman–Crippen LogP) is 4.28. The molecule has 2 nitrogen and oxygen atoms in total. The van der Waals surface area contributed by atoms with Crippen molar-refractivity contribution >= 4 is 21.6 Å². The Bertz CT molecular complexity index is 551. The highest BCUT2D eigenvalue weighted by Crippen LogP contribution is 2.29. The van der Waals surface area contributed by atoms with Crippen LogP contribution in [-0.2, 0) is 0 Å². The molecule has 0 saturated heterocycles. The van der Waals surface area contributed by atoms with E-state index in [0.29, 0.717) is 6.54 Å². The maximum atomic E-state index is 6.05. The molecule has 0 aromatic heterocycles. The van der Waals surface area contributed by atoms with Crippen molar-refractivity contribution in [3.63, 3.8) is 0 Å². The highest BCUT2D eigenvalue weighted by molar-refractivity contribution is 9.10. The Kier molecular flexibility index (Phi) is 5.21. The predicted molar refractivity (Wildman–Crippen MR) is 90.1 cm³/mol. The minimum Gasteiger partial charge on any atom is -0.363 e. The molecule has 2 N–H and O–H groups in total. The molecule has 20 heavy (non-hydrogen) atoms. The number of nitrogens with two attached hydrogens (primary N) is 1. The van der Waals surface area contributed by atoms with Crippen molar-refractivity contribution in [2.24, 2.45) is 5.73 Å². The fourth-order valence-corrected chi connectivity index (χ4v) is 2.84. The summed E-state index contributed by atoms with van der Waals surface area (Å²) in [7, 11) is 0. The number of hydrogen-bond donors (Lipinski definition) is 1. The fourth-order valence-electron chi connectivity index (χ4n) is 2.57. The van der Waals surface area contributed by atoms with E-state index in [9.17, 15) is 0 Å². The second kappa shape index (κ2) is 6.91. The second-order valence-electron chi connectivity index (χ2n) is 4.88. The molecule has 2 rings (SSSR count). The van der Waals surface area contributed by atoms with E-state index in [2.05, 4.69) is 83.2 Å². The topological polar surface area (TPSA) is 29.3 Å². The zero-order valence-corrected chi connectivity index (χ0v) is 13.6. The summed E-state index contributed by atoms with van der Waals surface area (Å²) in [5.41, 5.74) is 9.84. The van der Waals surface area contributed by atoms with Gasteiger partial charge < -0.3 is 10.6 Å². The lowest BCUT2D eigenvalue weighted by Crippen LogP contribution is -2.34. The van der Waals surface area contributed by atoms with Crippen LogP contribution in [-0.4, -0.2) is 13.1 Å². The summed E-state index contributed by atoms with van der Waals surface area (Å²) >= 11 is 3.48. The van der Waals surface area contributed by atoms with Crippen molar-refractivity contribution in [1.82, 2.24) is 0 Å². The van der Waals surface area contributed by atoms with E-state index in [1.54, 1.807) is 0 Å². The zero-order valence-electron chi connectivity index (χ0n) is 12.0. The molecular weight excluding hydrogens is 312 g/mol. The smallest absolute Gasteiger partial charge is 0.0664 e. The normalized spacial score (nSPS) is 12.2. The molecule has 1 atom stereocenters. The number of rotatable bonds is 5. The Morgan fingerprint density at radius 2 is 1.75 bits per heavy atom. The molecule has 3 heteroatoms. The van der Waals surface area contributed by atoms with Gasteiger partial charge in [0.1, 0.15) is 0 Å². The highest BCUT2D eigenvalue weighted by atomic mass is 79.9. The largest absolute Gasteiger partial charge is 0.363 e. The third-order valence-electron chi connectivity index (χ3n) is 3.62. The molecule has 0 spiro atoms. The van der Waals surface area contributed by atoms with Gasteiger partial charge in [-0.1, -0.05) is 46.3 Å². The van der Waals surface area contributed by atoms with E-state index >= 15 is 0 Å². The summed E-state index contributed by atoms with van der Waals surface area (Å²) in [5.74, 6) is 0. The van der Waals surface area contributed by atoms with Crippen LogP contribution in [0.5, 0.6) is 0 Å². The van der Waals surface area contributed by atoms with Crippen molar-refractivity contribution in [3.8, 4) is 0 Å². The van der Waals surface area contributed by atoms with E-state index < -0.39 is 0 Å². The minimum absolute atomic E-state index is 0.203. The number of benzene rings is 2. The molecule has 0 aliphatic carbocycles. The van der Waals surface area contributed by atoms with Gasteiger partial charge in [0.25, 0.3) is 0 Å². The van der Waals surface area contributed by atoms with E-state index in [4.69, 9.17) is 5.73 Å². The van der Waals surface area contributed by atoms with Gasteiger partial charge in [0.2, 0.25) is 0 Å². The van der Waals surface area contributed by atoms with Gasteiger partial charge >= 0.3 is 0 Å². The van der Waals surface area contributed by atoms with Crippen LogP contribution in [0.1, 0.15) is 24.1 Å². The van der Waals surface area contributed by atoms with Gasteiger partial charge in [-0.15, -0.1) is 0 Å². The molecule has 0 aliphatic rings. The van der Waals surface area contributed by atoms with Gasteiger partial charge in [-0.05, 0) is 43.2 Å². The van der Waals surface area contributed by atoms with Crippen LogP contribution in [0, 0.1) is 6.92 Å². The summed E-state index contributed by atoms with van der Waals surface area (Å²) in [4.78, 5) is 2.37. The first-order valence-corrected chi connectivity index (χ1v) is 7.74. The monoisotopic (exact) mass is 332 g/mol. The molecular formula is C17H21BrN2. The van der Waals surface area contributed by atoms with Gasteiger partial charge in [-0.3, -0.25) is 0 Å². The van der Waals surface area contributed by atoms with Gasteiger partial charge in [-0.2, -0.15) is 0 Å². The number of hydrogen-bond acceptors (Lipinski definition) is 2. The highest BCUT2D eigenvalue weighted by Gasteiger charge is 2.19. The van der Waals surface area contributed by atoms with Crippen molar-refractivity contribution in [2.45, 2.75) is 19.9 Å². The third-order valence-corrected chi connectivity index (χ3v) is 4.15. The SMILES string of the molecule is CCN(c1ccccc1C)C(CN)c1ccc(Br)cc1. The number of likely N-dealkylation sites (N-methyl/N-ethyl adjacent to an activating group) is 1. The van der Waals surface area contributed by atoms with Crippen LogP contribution in [0.3, 0.4) is 0 Å². The van der Waals surface area contributed by atoms with E-state index in [1.165, 1.54) is 16.8 Å². The third kappa shape index (κ3) is 3.22. The standard InChI is InChI=1S/C17H21BrN2/c1-3-20(16-7-5-4-6-13(16)2)17(12-19)14-8-10-15(18)11-9-14/h4-11,17H,3,12,19H2,1-2H3. The summed E-state index contributed by atoms with van der Waals surface area (Å²) in [6.45, 7) is 5.85. The summed E-state index contributed by atoms with van der Waals surface area (Å²) in [6, 6.07) is 17.1. The first-order valence-electron chi connectivity index (χ1n) is 6.95. The van der Waals surface area contributed by atoms with Gasteiger partial charge in [-0.25, -0.2) is 0 Å². The Labute approximate surface area is 129 Å². The Balaban J connectivity index is 2.38. The first kappa shape index (κ1) is 15.1. The van der Waals surface area contributed by atoms with Crippen LogP contribution in [0.2, 0.25) is 0 Å². The molecule has 0 fully saturated rings. The van der Waals surface area contributed by atoms with Crippen LogP contribution in [0.15, 0.2) is 53.0 Å². The van der Waals surface area contributed by atoms with Crippen LogP contribution >= 0.6 is 15.9 Å². The lowest BCUT2D eigenvalue weighted by Gasteiger charge is -2.33. The van der Waals surface area contributed by atoms with Crippen molar-refractivity contribution < 1.29 is 0 Å². The molecule has 2 aromatic carbocycles. The van der Waals surface area contributed by atoms with Crippen LogP contribution in [0.4, 0.5) is 5.69 Å². The number of para-hydroxylation sites is 1. The van der Waals surface area contributed by atoms with E-state index in [0.717, 1.165) is 11.0 Å². The van der Waals surface area contributed by atoms with E-state index in [1.807, 2.05) is 0 Å². The molecule has 0 radical (unpaired) electrons. The Hall–Kier alpha value is -1.32. The first-order chi connectivity index (χ1) is 9.67. The quantitative estimate of drug-likeness (QED) is 0.885. The zero-order chi connectivity index (χ0) is 14.5. The molecule has 1 unspecified atom stereocenters. The molecule has 0 bridgehead atoms. The maximum Gasteiger partial charge on any atom is 0.0664 e. The van der Waals surface area contributed by atoms with Crippen molar-refractivity contribution in [1.29, 1.82) is 0 Å².